The lowest BCUT2D eigenvalue weighted by Crippen LogP contribution is -2.45. The van der Waals surface area contributed by atoms with Crippen LogP contribution in [-0.2, 0) is 16.0 Å². The minimum absolute atomic E-state index is 0.110. The highest BCUT2D eigenvalue weighted by atomic mass is 16.6. The van der Waals surface area contributed by atoms with Crippen LogP contribution < -0.4 is 10.1 Å². The molecule has 1 aromatic rings. The Morgan fingerprint density at radius 3 is 2.45 bits per heavy atom. The molecule has 1 unspecified atom stereocenters. The number of para-hydroxylation sites is 1. The molecule has 8 nitrogen and oxygen atoms in total. The van der Waals surface area contributed by atoms with Crippen molar-refractivity contribution >= 4 is 12.1 Å². The molecule has 1 amide bonds. The Labute approximate surface area is 172 Å². The number of piperazine rings is 1. The number of carboxylic acids is 1. The van der Waals surface area contributed by atoms with Crippen LogP contribution in [0.5, 0.6) is 5.75 Å². The van der Waals surface area contributed by atoms with Gasteiger partial charge < -0.3 is 24.8 Å². The number of amides is 1. The van der Waals surface area contributed by atoms with Gasteiger partial charge in [0.2, 0.25) is 0 Å². The zero-order chi connectivity index (χ0) is 21.4. The monoisotopic (exact) mass is 407 g/mol. The van der Waals surface area contributed by atoms with Crippen LogP contribution in [0.1, 0.15) is 26.3 Å². The number of aliphatic carboxylic acids is 1. The third-order valence-electron chi connectivity index (χ3n) is 4.65. The van der Waals surface area contributed by atoms with Crippen LogP contribution in [0.2, 0.25) is 0 Å². The molecule has 162 valence electrons. The van der Waals surface area contributed by atoms with E-state index >= 15 is 0 Å². The maximum absolute atomic E-state index is 12.0. The first-order chi connectivity index (χ1) is 13.6. The molecule has 1 heterocycles. The van der Waals surface area contributed by atoms with Gasteiger partial charge in [0.25, 0.3) is 0 Å². The largest absolute Gasteiger partial charge is 0.492 e. The summed E-state index contributed by atoms with van der Waals surface area (Å²) >= 11 is 0. The van der Waals surface area contributed by atoms with Crippen molar-refractivity contribution in [3.63, 3.8) is 0 Å². The third kappa shape index (κ3) is 8.29. The number of carbonyl (C=O) groups excluding carboxylic acids is 1. The SMILES string of the molecule is CN1CCN(CCOc2ccccc2CC(NC(=O)OC(C)(C)C)C(=O)O)CC1. The fraction of sp³-hybridized carbons (Fsp3) is 0.619. The number of alkyl carbamates (subject to hydrolysis) is 1. The summed E-state index contributed by atoms with van der Waals surface area (Å²) < 4.78 is 11.1. The van der Waals surface area contributed by atoms with Crippen molar-refractivity contribution in [1.29, 1.82) is 0 Å². The zero-order valence-corrected chi connectivity index (χ0v) is 17.8. The van der Waals surface area contributed by atoms with E-state index in [1.165, 1.54) is 0 Å². The van der Waals surface area contributed by atoms with Gasteiger partial charge in [-0.1, -0.05) is 18.2 Å². The predicted octanol–water partition coefficient (Wildman–Crippen LogP) is 1.83. The molecule has 29 heavy (non-hydrogen) atoms. The van der Waals surface area contributed by atoms with Gasteiger partial charge in [-0.2, -0.15) is 0 Å². The van der Waals surface area contributed by atoms with Gasteiger partial charge >= 0.3 is 12.1 Å². The maximum Gasteiger partial charge on any atom is 0.408 e. The molecule has 1 saturated heterocycles. The van der Waals surface area contributed by atoms with Gasteiger partial charge in [-0.15, -0.1) is 0 Å². The number of ether oxygens (including phenoxy) is 2. The molecule has 1 atom stereocenters. The number of rotatable bonds is 8. The van der Waals surface area contributed by atoms with Gasteiger partial charge in [0, 0.05) is 39.1 Å². The summed E-state index contributed by atoms with van der Waals surface area (Å²) in [5, 5.41) is 12.0. The molecule has 8 heteroatoms. The molecule has 0 aromatic heterocycles. The quantitative estimate of drug-likeness (QED) is 0.679. The van der Waals surface area contributed by atoms with Crippen molar-refractivity contribution in [3.8, 4) is 5.75 Å². The first kappa shape index (κ1) is 23.0. The minimum Gasteiger partial charge on any atom is -0.492 e. The predicted molar refractivity (Wildman–Crippen MR) is 110 cm³/mol. The van der Waals surface area contributed by atoms with Crippen LogP contribution in [0, 0.1) is 0 Å². The molecule has 2 rings (SSSR count). The summed E-state index contributed by atoms with van der Waals surface area (Å²) in [5.74, 6) is -0.484. The lowest BCUT2D eigenvalue weighted by molar-refractivity contribution is -0.139. The number of carbonyl (C=O) groups is 2. The Bertz CT molecular complexity index is 681. The number of hydrogen-bond donors (Lipinski definition) is 2. The van der Waals surface area contributed by atoms with Gasteiger partial charge in [-0.3, -0.25) is 4.90 Å². The molecule has 0 aliphatic carbocycles. The molecule has 0 radical (unpaired) electrons. The summed E-state index contributed by atoms with van der Waals surface area (Å²) in [7, 11) is 2.12. The van der Waals surface area contributed by atoms with E-state index in [1.807, 2.05) is 24.3 Å². The molecular weight excluding hydrogens is 374 g/mol. The van der Waals surface area contributed by atoms with Gasteiger partial charge in [0.15, 0.2) is 0 Å². The van der Waals surface area contributed by atoms with Crippen molar-refractivity contribution in [3.05, 3.63) is 29.8 Å². The van der Waals surface area contributed by atoms with E-state index in [4.69, 9.17) is 9.47 Å². The number of likely N-dealkylation sites (N-methyl/N-ethyl adjacent to an activating group) is 1. The van der Waals surface area contributed by atoms with Crippen molar-refractivity contribution in [1.82, 2.24) is 15.1 Å². The fourth-order valence-electron chi connectivity index (χ4n) is 3.04. The van der Waals surface area contributed by atoms with Crippen LogP contribution in [0.25, 0.3) is 0 Å². The highest BCUT2D eigenvalue weighted by molar-refractivity contribution is 5.80. The molecule has 0 bridgehead atoms. The lowest BCUT2D eigenvalue weighted by atomic mass is 10.1. The van der Waals surface area contributed by atoms with E-state index in [9.17, 15) is 14.7 Å². The van der Waals surface area contributed by atoms with E-state index in [0.29, 0.717) is 12.4 Å². The molecular formula is C21H33N3O5. The number of carboxylic acid groups (broad SMARTS) is 1. The molecule has 1 aliphatic rings. The Morgan fingerprint density at radius 1 is 1.17 bits per heavy atom. The average Bonchev–Trinajstić information content (AvgIpc) is 2.62. The van der Waals surface area contributed by atoms with Gasteiger partial charge in [0.05, 0.1) is 0 Å². The first-order valence-corrected chi connectivity index (χ1v) is 9.98. The van der Waals surface area contributed by atoms with Gasteiger partial charge in [-0.25, -0.2) is 9.59 Å². The Morgan fingerprint density at radius 2 is 1.83 bits per heavy atom. The Balaban J connectivity index is 1.93. The van der Waals surface area contributed by atoms with Gasteiger partial charge in [-0.05, 0) is 39.4 Å². The second kappa shape index (κ2) is 10.5. The fourth-order valence-corrected chi connectivity index (χ4v) is 3.04. The number of hydrogen-bond acceptors (Lipinski definition) is 6. The van der Waals surface area contributed by atoms with E-state index < -0.39 is 23.7 Å². The highest BCUT2D eigenvalue weighted by Gasteiger charge is 2.25. The van der Waals surface area contributed by atoms with Crippen molar-refractivity contribution in [2.24, 2.45) is 0 Å². The van der Waals surface area contributed by atoms with E-state index in [-0.39, 0.29) is 6.42 Å². The summed E-state index contributed by atoms with van der Waals surface area (Å²) in [6.45, 7) is 10.7. The Kier molecular flexibility index (Phi) is 8.28. The molecule has 0 spiro atoms. The number of nitrogens with one attached hydrogen (secondary N) is 1. The van der Waals surface area contributed by atoms with Crippen LogP contribution >= 0.6 is 0 Å². The van der Waals surface area contributed by atoms with Crippen molar-refractivity contribution in [2.75, 3.05) is 46.4 Å². The molecule has 1 aromatic carbocycles. The highest BCUT2D eigenvalue weighted by Crippen LogP contribution is 2.20. The lowest BCUT2D eigenvalue weighted by Gasteiger charge is -2.32. The smallest absolute Gasteiger partial charge is 0.408 e. The summed E-state index contributed by atoms with van der Waals surface area (Å²) in [4.78, 5) is 28.3. The molecule has 0 saturated carbocycles. The number of nitrogens with zero attached hydrogens (tertiary/aromatic N) is 2. The second-order valence-electron chi connectivity index (χ2n) is 8.34. The van der Waals surface area contributed by atoms with Crippen molar-refractivity contribution in [2.45, 2.75) is 38.8 Å². The topological polar surface area (TPSA) is 91.3 Å². The van der Waals surface area contributed by atoms with E-state index in [0.717, 1.165) is 38.3 Å². The normalized spacial score (nSPS) is 16.8. The first-order valence-electron chi connectivity index (χ1n) is 9.98. The second-order valence-corrected chi connectivity index (χ2v) is 8.34. The molecule has 2 N–H and O–H groups in total. The number of benzene rings is 1. The van der Waals surface area contributed by atoms with Crippen LogP contribution in [0.4, 0.5) is 4.79 Å². The standard InChI is InChI=1S/C21H33N3O5/c1-21(2,3)29-20(27)22-17(19(25)26)15-16-7-5-6-8-18(16)28-14-13-24-11-9-23(4)10-12-24/h5-8,17H,9-15H2,1-4H3,(H,22,27)(H,25,26). The summed E-state index contributed by atoms with van der Waals surface area (Å²) in [6, 6.07) is 6.22. The van der Waals surface area contributed by atoms with E-state index in [2.05, 4.69) is 22.2 Å². The molecule has 1 aliphatic heterocycles. The average molecular weight is 408 g/mol. The summed E-state index contributed by atoms with van der Waals surface area (Å²) in [6.07, 6.45) is -0.641. The van der Waals surface area contributed by atoms with Crippen LogP contribution in [0.3, 0.4) is 0 Å². The minimum atomic E-state index is -1.12. The third-order valence-corrected chi connectivity index (χ3v) is 4.65. The molecule has 1 fully saturated rings. The van der Waals surface area contributed by atoms with Crippen molar-refractivity contribution < 1.29 is 24.2 Å². The Hall–Kier alpha value is -2.32. The summed E-state index contributed by atoms with van der Waals surface area (Å²) in [5.41, 5.74) is 0.0339. The zero-order valence-electron chi connectivity index (χ0n) is 17.8. The van der Waals surface area contributed by atoms with E-state index in [1.54, 1.807) is 20.8 Å². The van der Waals surface area contributed by atoms with Gasteiger partial charge in [0.1, 0.15) is 24.0 Å². The maximum atomic E-state index is 12.0. The van der Waals surface area contributed by atoms with Crippen LogP contribution in [0.15, 0.2) is 24.3 Å². The van der Waals surface area contributed by atoms with Crippen LogP contribution in [-0.4, -0.2) is 85.0 Å².